The van der Waals surface area contributed by atoms with E-state index in [0.29, 0.717) is 5.69 Å². The molecule has 0 spiro atoms. The maximum Gasteiger partial charge on any atom is 0.143 e. The maximum atomic E-state index is 10.4. The van der Waals surface area contributed by atoms with Crippen LogP contribution in [0.15, 0.2) is 60.7 Å². The molecule has 0 saturated heterocycles. The van der Waals surface area contributed by atoms with Crippen LogP contribution in [0.3, 0.4) is 0 Å². The summed E-state index contributed by atoms with van der Waals surface area (Å²) in [4.78, 5) is 0. The van der Waals surface area contributed by atoms with E-state index in [1.165, 1.54) is 18.4 Å². The highest BCUT2D eigenvalue weighted by Crippen LogP contribution is 2.40. The van der Waals surface area contributed by atoms with Crippen molar-refractivity contribution in [2.45, 2.75) is 19.3 Å². The number of nitrogens with zero attached hydrogens (tertiary/aromatic N) is 1. The number of fused-ring (bicyclic) bond motifs is 3. The Kier molecular flexibility index (Phi) is 3.04. The molecule has 3 aromatic carbocycles. The molecule has 4 aromatic rings. The number of aromatic nitrogens is 1. The molecule has 0 bridgehead atoms. The van der Waals surface area contributed by atoms with E-state index < -0.39 is 0 Å². The van der Waals surface area contributed by atoms with E-state index in [-0.39, 0.29) is 11.5 Å². The molecule has 3 heteroatoms. The summed E-state index contributed by atoms with van der Waals surface area (Å²) in [6.07, 6.45) is 3.74. The Morgan fingerprint density at radius 1 is 0.800 bits per heavy atom. The van der Waals surface area contributed by atoms with Gasteiger partial charge in [-0.15, -0.1) is 0 Å². The molecule has 0 radical (unpaired) electrons. The van der Waals surface area contributed by atoms with Gasteiger partial charge in [-0.25, -0.2) is 0 Å². The van der Waals surface area contributed by atoms with Crippen LogP contribution in [0.4, 0.5) is 0 Å². The second kappa shape index (κ2) is 5.28. The normalized spacial score (nSPS) is 14.4. The Balaban J connectivity index is 1.87. The zero-order valence-electron chi connectivity index (χ0n) is 13.8. The second-order valence-electron chi connectivity index (χ2n) is 7.00. The summed E-state index contributed by atoms with van der Waals surface area (Å²) < 4.78 is 1.98. The van der Waals surface area contributed by atoms with Gasteiger partial charge >= 0.3 is 0 Å². The van der Waals surface area contributed by atoms with Crippen molar-refractivity contribution < 1.29 is 10.2 Å². The number of aromatic hydroxyl groups is 2. The van der Waals surface area contributed by atoms with Crippen molar-refractivity contribution in [3.05, 3.63) is 66.2 Å². The first-order valence-corrected chi connectivity index (χ1v) is 8.76. The Labute approximate surface area is 145 Å². The van der Waals surface area contributed by atoms with Gasteiger partial charge in [0.1, 0.15) is 17.2 Å². The molecule has 1 saturated carbocycles. The number of phenolic OH excluding ortho intramolecular Hbond substituents is 2. The van der Waals surface area contributed by atoms with Crippen molar-refractivity contribution in [1.82, 2.24) is 4.57 Å². The number of para-hydroxylation sites is 2. The fourth-order valence-electron chi connectivity index (χ4n) is 3.79. The summed E-state index contributed by atoms with van der Waals surface area (Å²) in [6.45, 7) is 0. The van der Waals surface area contributed by atoms with Crippen molar-refractivity contribution in [2.24, 2.45) is 5.92 Å². The number of hydrogen-bond donors (Lipinski definition) is 2. The lowest BCUT2D eigenvalue weighted by molar-refractivity contribution is 0.447. The van der Waals surface area contributed by atoms with Crippen LogP contribution < -0.4 is 0 Å². The van der Waals surface area contributed by atoms with Gasteiger partial charge in [-0.05, 0) is 55.0 Å². The molecule has 0 unspecified atom stereocenters. The molecule has 25 heavy (non-hydrogen) atoms. The predicted octanol–water partition coefficient (Wildman–Crippen LogP) is 5.15. The lowest BCUT2D eigenvalue weighted by Crippen LogP contribution is -1.96. The fourth-order valence-corrected chi connectivity index (χ4v) is 3.79. The van der Waals surface area contributed by atoms with Crippen LogP contribution in [0.2, 0.25) is 0 Å². The van der Waals surface area contributed by atoms with Crippen LogP contribution in [-0.2, 0) is 6.42 Å². The first-order chi connectivity index (χ1) is 12.2. The zero-order chi connectivity index (χ0) is 17.0. The Morgan fingerprint density at radius 2 is 1.52 bits per heavy atom. The van der Waals surface area contributed by atoms with Crippen molar-refractivity contribution in [3.8, 4) is 17.2 Å². The molecule has 1 fully saturated rings. The number of benzene rings is 3. The van der Waals surface area contributed by atoms with E-state index >= 15 is 0 Å². The van der Waals surface area contributed by atoms with Gasteiger partial charge < -0.3 is 14.8 Å². The molecule has 1 aliphatic rings. The van der Waals surface area contributed by atoms with Gasteiger partial charge in [-0.2, -0.15) is 0 Å². The standard InChI is InChI=1S/C22H19NO2/c24-20-6-3-7-21(25)22(20)23-18-5-2-1-4-16(18)17-11-10-15(13-19(17)23)12-14-8-9-14/h1-7,10-11,13-14,24-25H,8-9,12H2. The molecular formula is C22H19NO2. The highest BCUT2D eigenvalue weighted by Gasteiger charge is 2.22. The van der Waals surface area contributed by atoms with E-state index in [0.717, 1.165) is 34.1 Å². The van der Waals surface area contributed by atoms with Crippen LogP contribution in [0, 0.1) is 5.92 Å². The summed E-state index contributed by atoms with van der Waals surface area (Å²) in [5.74, 6) is 0.972. The van der Waals surface area contributed by atoms with E-state index in [1.54, 1.807) is 18.2 Å². The van der Waals surface area contributed by atoms with Crippen LogP contribution >= 0.6 is 0 Å². The van der Waals surface area contributed by atoms with Crippen LogP contribution in [0.1, 0.15) is 18.4 Å². The van der Waals surface area contributed by atoms with E-state index in [1.807, 2.05) is 22.8 Å². The monoisotopic (exact) mass is 329 g/mol. The molecule has 0 atom stereocenters. The number of phenols is 2. The molecule has 0 amide bonds. The van der Waals surface area contributed by atoms with Gasteiger partial charge in [0.25, 0.3) is 0 Å². The average molecular weight is 329 g/mol. The molecule has 1 aromatic heterocycles. The van der Waals surface area contributed by atoms with E-state index in [4.69, 9.17) is 0 Å². The van der Waals surface area contributed by atoms with Gasteiger partial charge in [0.05, 0.1) is 11.0 Å². The summed E-state index contributed by atoms with van der Waals surface area (Å²) in [5, 5.41) is 23.1. The van der Waals surface area contributed by atoms with E-state index in [2.05, 4.69) is 24.3 Å². The molecular weight excluding hydrogens is 310 g/mol. The van der Waals surface area contributed by atoms with Gasteiger partial charge in [0, 0.05) is 10.8 Å². The highest BCUT2D eigenvalue weighted by molar-refractivity contribution is 6.09. The summed E-state index contributed by atoms with van der Waals surface area (Å²) in [6, 6.07) is 19.6. The Morgan fingerprint density at radius 3 is 2.28 bits per heavy atom. The second-order valence-corrected chi connectivity index (χ2v) is 7.00. The molecule has 5 rings (SSSR count). The third kappa shape index (κ3) is 2.27. The molecule has 1 heterocycles. The molecule has 3 nitrogen and oxygen atoms in total. The molecule has 2 N–H and O–H groups in total. The predicted molar refractivity (Wildman–Crippen MR) is 101 cm³/mol. The third-order valence-corrected chi connectivity index (χ3v) is 5.18. The minimum absolute atomic E-state index is 0.0789. The van der Waals surface area contributed by atoms with Gasteiger partial charge in [-0.3, -0.25) is 0 Å². The smallest absolute Gasteiger partial charge is 0.143 e. The number of hydrogen-bond acceptors (Lipinski definition) is 2. The first kappa shape index (κ1) is 14.4. The van der Waals surface area contributed by atoms with E-state index in [9.17, 15) is 10.2 Å². The lowest BCUT2D eigenvalue weighted by Gasteiger charge is -2.12. The summed E-state index contributed by atoms with van der Waals surface area (Å²) in [7, 11) is 0. The Bertz CT molecular complexity index is 1090. The molecule has 1 aliphatic carbocycles. The van der Waals surface area contributed by atoms with Crippen molar-refractivity contribution in [3.63, 3.8) is 0 Å². The molecule has 124 valence electrons. The fraction of sp³-hybridized carbons (Fsp3) is 0.182. The molecule has 0 aliphatic heterocycles. The largest absolute Gasteiger partial charge is 0.506 e. The zero-order valence-corrected chi connectivity index (χ0v) is 13.8. The van der Waals surface area contributed by atoms with Gasteiger partial charge in [0.2, 0.25) is 0 Å². The Hall–Kier alpha value is -2.94. The maximum absolute atomic E-state index is 10.4. The van der Waals surface area contributed by atoms with Gasteiger partial charge in [0.15, 0.2) is 0 Å². The van der Waals surface area contributed by atoms with Gasteiger partial charge in [-0.1, -0.05) is 36.4 Å². The quantitative estimate of drug-likeness (QED) is 0.546. The minimum Gasteiger partial charge on any atom is -0.506 e. The minimum atomic E-state index is 0.0789. The average Bonchev–Trinajstić information content (AvgIpc) is 3.37. The van der Waals surface area contributed by atoms with Crippen molar-refractivity contribution in [2.75, 3.05) is 0 Å². The van der Waals surface area contributed by atoms with Crippen molar-refractivity contribution >= 4 is 21.8 Å². The first-order valence-electron chi connectivity index (χ1n) is 8.76. The SMILES string of the molecule is Oc1cccc(O)c1-n1c2ccccc2c2ccc(CC3CC3)cc21. The lowest BCUT2D eigenvalue weighted by atomic mass is 10.1. The summed E-state index contributed by atoms with van der Waals surface area (Å²) >= 11 is 0. The highest BCUT2D eigenvalue weighted by atomic mass is 16.3. The third-order valence-electron chi connectivity index (χ3n) is 5.18. The topological polar surface area (TPSA) is 45.4 Å². The van der Waals surface area contributed by atoms with Crippen LogP contribution in [0.5, 0.6) is 11.5 Å². The van der Waals surface area contributed by atoms with Crippen molar-refractivity contribution in [1.29, 1.82) is 0 Å². The van der Waals surface area contributed by atoms with Crippen LogP contribution in [-0.4, -0.2) is 14.8 Å². The summed E-state index contributed by atoms with van der Waals surface area (Å²) in [5.41, 5.74) is 3.76. The van der Waals surface area contributed by atoms with Crippen LogP contribution in [0.25, 0.3) is 27.5 Å². The number of rotatable bonds is 3.